The van der Waals surface area contributed by atoms with Crippen molar-refractivity contribution >= 4 is 23.2 Å². The molecule has 1 aliphatic heterocycles. The molecule has 1 amide bonds. The fourth-order valence-corrected chi connectivity index (χ4v) is 3.35. The zero-order valence-electron chi connectivity index (χ0n) is 14.8. The van der Waals surface area contributed by atoms with Crippen molar-refractivity contribution in [3.8, 4) is 5.75 Å². The predicted octanol–water partition coefficient (Wildman–Crippen LogP) is 3.77. The zero-order chi connectivity index (χ0) is 18.5. The Balaban J connectivity index is 1.50. The van der Waals surface area contributed by atoms with Gasteiger partial charge in [0.2, 0.25) is 5.91 Å². The molecule has 0 atom stereocenters. The number of aryl methyl sites for hydroxylation is 1. The largest absolute Gasteiger partial charge is 0.494 e. The van der Waals surface area contributed by atoms with E-state index in [-0.39, 0.29) is 11.7 Å². The van der Waals surface area contributed by atoms with Gasteiger partial charge in [-0.1, -0.05) is 23.7 Å². The van der Waals surface area contributed by atoms with E-state index in [9.17, 15) is 9.18 Å². The van der Waals surface area contributed by atoms with Crippen LogP contribution in [0.4, 0.5) is 10.1 Å². The molecule has 1 heterocycles. The highest BCUT2D eigenvalue weighted by Crippen LogP contribution is 2.22. The van der Waals surface area contributed by atoms with E-state index in [4.69, 9.17) is 16.3 Å². The second kappa shape index (κ2) is 8.41. The van der Waals surface area contributed by atoms with Crippen LogP contribution in [0.1, 0.15) is 12.0 Å². The minimum Gasteiger partial charge on any atom is -0.494 e. The number of nitrogens with zero attached hydrogens (tertiary/aromatic N) is 2. The van der Waals surface area contributed by atoms with E-state index in [1.54, 1.807) is 12.1 Å². The van der Waals surface area contributed by atoms with Crippen LogP contribution in [-0.4, -0.2) is 44.1 Å². The van der Waals surface area contributed by atoms with E-state index in [1.165, 1.54) is 13.2 Å². The lowest BCUT2D eigenvalue weighted by Gasteiger charge is -2.36. The molecule has 0 aromatic heterocycles. The van der Waals surface area contributed by atoms with Crippen molar-refractivity contribution < 1.29 is 13.9 Å². The second-order valence-electron chi connectivity index (χ2n) is 6.32. The molecular weight excluding hydrogens is 355 g/mol. The second-order valence-corrected chi connectivity index (χ2v) is 6.75. The number of hydrogen-bond donors (Lipinski definition) is 0. The number of amides is 1. The van der Waals surface area contributed by atoms with Gasteiger partial charge in [-0.05, 0) is 42.3 Å². The SMILES string of the molecule is COc1ccc(CCC(=O)N2CCN(c3cccc(Cl)c3)CC2)cc1F. The molecule has 2 aromatic carbocycles. The third-order valence-electron chi connectivity index (χ3n) is 4.65. The number of methoxy groups -OCH3 is 1. The van der Waals surface area contributed by atoms with Gasteiger partial charge < -0.3 is 14.5 Å². The van der Waals surface area contributed by atoms with Gasteiger partial charge in [0.05, 0.1) is 7.11 Å². The van der Waals surface area contributed by atoms with Gasteiger partial charge in [-0.25, -0.2) is 4.39 Å². The standard InChI is InChI=1S/C20H22ClFN2O2/c1-26-19-7-5-15(13-18(19)22)6-8-20(25)24-11-9-23(10-12-24)17-4-2-3-16(21)14-17/h2-5,7,13-14H,6,8-12H2,1H3. The third-order valence-corrected chi connectivity index (χ3v) is 4.88. The summed E-state index contributed by atoms with van der Waals surface area (Å²) in [5.74, 6) is -0.0724. The summed E-state index contributed by atoms with van der Waals surface area (Å²) in [5.41, 5.74) is 1.88. The molecule has 0 N–H and O–H groups in total. The smallest absolute Gasteiger partial charge is 0.223 e. The number of hydrogen-bond acceptors (Lipinski definition) is 3. The quantitative estimate of drug-likeness (QED) is 0.796. The third kappa shape index (κ3) is 4.47. The molecule has 1 aliphatic rings. The van der Waals surface area contributed by atoms with Gasteiger partial charge in [0.25, 0.3) is 0 Å². The minimum atomic E-state index is -0.396. The van der Waals surface area contributed by atoms with Crippen LogP contribution in [0, 0.1) is 5.82 Å². The van der Waals surface area contributed by atoms with Crippen molar-refractivity contribution in [3.05, 3.63) is 58.9 Å². The summed E-state index contributed by atoms with van der Waals surface area (Å²) in [6.07, 6.45) is 0.900. The van der Waals surface area contributed by atoms with E-state index < -0.39 is 5.82 Å². The van der Waals surface area contributed by atoms with E-state index in [0.717, 1.165) is 24.3 Å². The number of ether oxygens (including phenoxy) is 1. The molecule has 0 unspecified atom stereocenters. The number of carbonyl (C=O) groups excluding carboxylic acids is 1. The Hall–Kier alpha value is -2.27. The van der Waals surface area contributed by atoms with Crippen molar-refractivity contribution in [2.45, 2.75) is 12.8 Å². The van der Waals surface area contributed by atoms with Crippen LogP contribution in [-0.2, 0) is 11.2 Å². The van der Waals surface area contributed by atoms with E-state index >= 15 is 0 Å². The number of rotatable bonds is 5. The Labute approximate surface area is 158 Å². The number of piperazine rings is 1. The molecule has 4 nitrogen and oxygen atoms in total. The Bertz CT molecular complexity index is 776. The van der Waals surface area contributed by atoms with Crippen LogP contribution >= 0.6 is 11.6 Å². The van der Waals surface area contributed by atoms with Gasteiger partial charge in [-0.2, -0.15) is 0 Å². The Morgan fingerprint density at radius 1 is 1.15 bits per heavy atom. The fraction of sp³-hybridized carbons (Fsp3) is 0.350. The van der Waals surface area contributed by atoms with E-state index in [2.05, 4.69) is 4.90 Å². The van der Waals surface area contributed by atoms with Gasteiger partial charge in [-0.3, -0.25) is 4.79 Å². The normalized spacial score (nSPS) is 14.4. The predicted molar refractivity (Wildman–Crippen MR) is 102 cm³/mol. The van der Waals surface area contributed by atoms with Gasteiger partial charge in [-0.15, -0.1) is 0 Å². The molecule has 0 bridgehead atoms. The molecule has 3 rings (SSSR count). The van der Waals surface area contributed by atoms with Crippen molar-refractivity contribution in [2.24, 2.45) is 0 Å². The van der Waals surface area contributed by atoms with Gasteiger partial charge in [0.1, 0.15) is 0 Å². The number of halogens is 2. The molecule has 0 aliphatic carbocycles. The highest BCUT2D eigenvalue weighted by atomic mass is 35.5. The van der Waals surface area contributed by atoms with Crippen LogP contribution < -0.4 is 9.64 Å². The molecule has 1 saturated heterocycles. The molecule has 2 aromatic rings. The summed E-state index contributed by atoms with van der Waals surface area (Å²) in [6.45, 7) is 2.93. The van der Waals surface area contributed by atoms with Crippen LogP contribution in [0.15, 0.2) is 42.5 Å². The van der Waals surface area contributed by atoms with Crippen LogP contribution in [0.5, 0.6) is 5.75 Å². The molecule has 138 valence electrons. The average Bonchev–Trinajstić information content (AvgIpc) is 2.66. The molecule has 0 saturated carbocycles. The average molecular weight is 377 g/mol. The van der Waals surface area contributed by atoms with Gasteiger partial charge in [0.15, 0.2) is 11.6 Å². The molecule has 6 heteroatoms. The van der Waals surface area contributed by atoms with Crippen molar-refractivity contribution in [2.75, 3.05) is 38.2 Å². The Kier molecular flexibility index (Phi) is 5.99. The molecular formula is C20H22ClFN2O2. The molecule has 1 fully saturated rings. The molecule has 0 spiro atoms. The summed E-state index contributed by atoms with van der Waals surface area (Å²) < 4.78 is 18.6. The van der Waals surface area contributed by atoms with Crippen molar-refractivity contribution in [3.63, 3.8) is 0 Å². The van der Waals surface area contributed by atoms with E-state index in [1.807, 2.05) is 29.2 Å². The van der Waals surface area contributed by atoms with Crippen molar-refractivity contribution in [1.29, 1.82) is 0 Å². The fourth-order valence-electron chi connectivity index (χ4n) is 3.16. The van der Waals surface area contributed by atoms with Gasteiger partial charge in [0, 0.05) is 43.3 Å². The number of carbonyl (C=O) groups is 1. The summed E-state index contributed by atoms with van der Waals surface area (Å²) in [7, 11) is 1.44. The number of benzene rings is 2. The van der Waals surface area contributed by atoms with Crippen LogP contribution in [0.2, 0.25) is 5.02 Å². The molecule has 26 heavy (non-hydrogen) atoms. The lowest BCUT2D eigenvalue weighted by atomic mass is 10.1. The highest BCUT2D eigenvalue weighted by molar-refractivity contribution is 6.30. The van der Waals surface area contributed by atoms with E-state index in [0.29, 0.717) is 31.0 Å². The summed E-state index contributed by atoms with van der Waals surface area (Å²) >= 11 is 6.05. The van der Waals surface area contributed by atoms with Crippen LogP contribution in [0.3, 0.4) is 0 Å². The highest BCUT2D eigenvalue weighted by Gasteiger charge is 2.21. The van der Waals surface area contributed by atoms with Crippen LogP contribution in [0.25, 0.3) is 0 Å². The lowest BCUT2D eigenvalue weighted by molar-refractivity contribution is -0.131. The first-order chi connectivity index (χ1) is 12.6. The Morgan fingerprint density at radius 2 is 1.92 bits per heavy atom. The molecule has 0 radical (unpaired) electrons. The lowest BCUT2D eigenvalue weighted by Crippen LogP contribution is -2.48. The maximum atomic E-state index is 13.7. The summed E-state index contributed by atoms with van der Waals surface area (Å²) in [4.78, 5) is 16.6. The monoisotopic (exact) mass is 376 g/mol. The maximum Gasteiger partial charge on any atom is 0.223 e. The van der Waals surface area contributed by atoms with Crippen molar-refractivity contribution in [1.82, 2.24) is 4.90 Å². The topological polar surface area (TPSA) is 32.8 Å². The number of anilines is 1. The Morgan fingerprint density at radius 3 is 2.58 bits per heavy atom. The minimum absolute atomic E-state index is 0.104. The summed E-state index contributed by atoms with van der Waals surface area (Å²) in [5, 5.41) is 0.715. The zero-order valence-corrected chi connectivity index (χ0v) is 15.5. The first-order valence-corrected chi connectivity index (χ1v) is 9.05. The summed E-state index contributed by atoms with van der Waals surface area (Å²) in [6, 6.07) is 12.6. The first-order valence-electron chi connectivity index (χ1n) is 8.67. The maximum absolute atomic E-state index is 13.7. The van der Waals surface area contributed by atoms with Gasteiger partial charge >= 0.3 is 0 Å². The first kappa shape index (κ1) is 18.5.